The minimum absolute atomic E-state index is 0.0353. The number of amides is 1. The molecular weight excluding hydrogens is 672 g/mol. The number of halogens is 3. The molecule has 1 amide bonds. The van der Waals surface area contributed by atoms with Crippen LogP contribution in [0.15, 0.2) is 42.5 Å². The van der Waals surface area contributed by atoms with Crippen molar-refractivity contribution < 1.29 is 33.3 Å². The van der Waals surface area contributed by atoms with Crippen molar-refractivity contribution in [3.8, 4) is 16.9 Å². The molecule has 12 heteroatoms. The Morgan fingerprint density at radius 1 is 0.939 bits per heavy atom. The van der Waals surface area contributed by atoms with Gasteiger partial charge in [0.25, 0.3) is 5.91 Å². The minimum atomic E-state index is -1.18. The van der Waals surface area contributed by atoms with E-state index in [0.717, 1.165) is 50.5 Å². The topological polar surface area (TPSA) is 91.8 Å². The van der Waals surface area contributed by atoms with E-state index in [-0.39, 0.29) is 58.0 Å². The Kier molecular flexibility index (Phi) is 7.54. The van der Waals surface area contributed by atoms with Crippen LogP contribution in [0.4, 0.5) is 15.8 Å². The van der Waals surface area contributed by atoms with Crippen molar-refractivity contribution in [1.29, 1.82) is 0 Å². The smallest absolute Gasteiger partial charge is 0.337 e. The van der Waals surface area contributed by atoms with Crippen LogP contribution in [0.5, 0.6) is 5.75 Å². The van der Waals surface area contributed by atoms with Gasteiger partial charge in [-0.3, -0.25) is 4.79 Å². The molecule has 2 unspecified atom stereocenters. The van der Waals surface area contributed by atoms with Crippen LogP contribution in [-0.4, -0.2) is 79.2 Å². The summed E-state index contributed by atoms with van der Waals surface area (Å²) >= 11 is 13.5. The van der Waals surface area contributed by atoms with E-state index in [1.165, 1.54) is 17.7 Å². The Morgan fingerprint density at radius 3 is 2.33 bits per heavy atom. The van der Waals surface area contributed by atoms with Gasteiger partial charge < -0.3 is 34.0 Å². The maximum atomic E-state index is 15.7. The van der Waals surface area contributed by atoms with Crippen LogP contribution in [0.2, 0.25) is 10.0 Å². The molecule has 0 radical (unpaired) electrons. The molecule has 6 aliphatic rings. The predicted molar refractivity (Wildman–Crippen MR) is 183 cm³/mol. The molecule has 49 heavy (non-hydrogen) atoms. The van der Waals surface area contributed by atoms with Crippen molar-refractivity contribution in [3.63, 3.8) is 0 Å². The van der Waals surface area contributed by atoms with Gasteiger partial charge in [0.1, 0.15) is 11.6 Å². The molecule has 4 aliphatic heterocycles. The third-order valence-electron chi connectivity index (χ3n) is 11.1. The third kappa shape index (κ3) is 5.42. The zero-order valence-electron chi connectivity index (χ0n) is 26.8. The number of carboxylic acid groups (broad SMARTS) is 1. The number of benzene rings is 3. The predicted octanol–water partition coefficient (Wildman–Crippen LogP) is 7.01. The number of anilines is 2. The number of carboxylic acids is 1. The summed E-state index contributed by atoms with van der Waals surface area (Å²) in [6.45, 7) is 2.96. The maximum absolute atomic E-state index is 15.7. The molecule has 256 valence electrons. The molecule has 2 bridgehead atoms. The fraction of sp³-hybridized carbons (Fsp3) is 0.459. The molecule has 2 aliphatic carbocycles. The number of rotatable bonds is 7. The highest BCUT2D eigenvalue weighted by Gasteiger charge is 2.54. The summed E-state index contributed by atoms with van der Waals surface area (Å²) in [5.41, 5.74) is 3.23. The quantitative estimate of drug-likeness (QED) is 0.281. The van der Waals surface area contributed by atoms with E-state index in [1.807, 2.05) is 18.2 Å². The van der Waals surface area contributed by atoms with Gasteiger partial charge in [0, 0.05) is 40.9 Å². The molecule has 3 saturated heterocycles. The first-order chi connectivity index (χ1) is 23.7. The molecule has 4 heterocycles. The van der Waals surface area contributed by atoms with Crippen molar-refractivity contribution in [2.75, 3.05) is 42.8 Å². The molecule has 3 aromatic carbocycles. The lowest BCUT2D eigenvalue weighted by Crippen LogP contribution is -2.64. The summed E-state index contributed by atoms with van der Waals surface area (Å²) in [6, 6.07) is 11.8. The van der Waals surface area contributed by atoms with Crippen LogP contribution in [-0.2, 0) is 16.0 Å². The van der Waals surface area contributed by atoms with Gasteiger partial charge in [-0.2, -0.15) is 0 Å². The van der Waals surface area contributed by atoms with E-state index in [2.05, 4.69) is 9.80 Å². The van der Waals surface area contributed by atoms with Gasteiger partial charge in [-0.15, -0.1) is 0 Å². The second kappa shape index (κ2) is 11.8. The van der Waals surface area contributed by atoms with Gasteiger partial charge in [-0.05, 0) is 62.8 Å². The van der Waals surface area contributed by atoms with E-state index in [4.69, 9.17) is 37.4 Å². The molecule has 9 rings (SSSR count). The van der Waals surface area contributed by atoms with Gasteiger partial charge in [-0.1, -0.05) is 41.4 Å². The molecule has 1 spiro atoms. The van der Waals surface area contributed by atoms with Crippen molar-refractivity contribution in [1.82, 2.24) is 4.90 Å². The molecule has 2 saturated carbocycles. The average Bonchev–Trinajstić information content (AvgIpc) is 3.83. The standard InChI is InChI=1S/C37H36Cl2FN3O6/c38-29-8-23(42-17-37(18-42)12-25(13-37)49-24-6-7-24)9-30(39)33(29)35(44)41-14-20-2-1-3-26(34(20)48-19-41)27-11-32(28(36(45)46)10-31(27)40)43-21-4-5-22(43)16-47-15-21/h1-3,8-11,21-22,24-25H,4-7,12-19H2,(H,45,46). The van der Waals surface area contributed by atoms with Gasteiger partial charge in [0.05, 0.1) is 70.9 Å². The van der Waals surface area contributed by atoms with Crippen LogP contribution in [0.3, 0.4) is 0 Å². The second-order valence-corrected chi connectivity index (χ2v) is 15.4. The van der Waals surface area contributed by atoms with Gasteiger partial charge in [0.15, 0.2) is 6.73 Å². The molecule has 9 nitrogen and oxygen atoms in total. The van der Waals surface area contributed by atoms with Crippen LogP contribution >= 0.6 is 23.2 Å². The van der Waals surface area contributed by atoms with Gasteiger partial charge in [0.2, 0.25) is 0 Å². The lowest BCUT2D eigenvalue weighted by molar-refractivity contribution is -0.0995. The fourth-order valence-electron chi connectivity index (χ4n) is 8.58. The number of hydrogen-bond acceptors (Lipinski definition) is 7. The lowest BCUT2D eigenvalue weighted by atomic mass is 9.61. The number of morpholine rings is 1. The minimum Gasteiger partial charge on any atom is -0.478 e. The van der Waals surface area contributed by atoms with E-state index in [1.54, 1.807) is 18.2 Å². The van der Waals surface area contributed by atoms with Crippen molar-refractivity contribution in [3.05, 3.63) is 75.0 Å². The Labute approximate surface area is 293 Å². The maximum Gasteiger partial charge on any atom is 0.337 e. The first-order valence-electron chi connectivity index (χ1n) is 17.0. The van der Waals surface area contributed by atoms with Crippen LogP contribution in [0, 0.1) is 11.2 Å². The Balaban J connectivity index is 0.938. The zero-order chi connectivity index (χ0) is 33.6. The van der Waals surface area contributed by atoms with Crippen LogP contribution in [0.25, 0.3) is 11.1 Å². The second-order valence-electron chi connectivity index (χ2n) is 14.6. The van der Waals surface area contributed by atoms with E-state index in [9.17, 15) is 14.7 Å². The van der Waals surface area contributed by atoms with Crippen molar-refractivity contribution in [2.24, 2.45) is 5.41 Å². The molecule has 2 atom stereocenters. The highest BCUT2D eigenvalue weighted by atomic mass is 35.5. The van der Waals surface area contributed by atoms with E-state index >= 15 is 4.39 Å². The third-order valence-corrected chi connectivity index (χ3v) is 11.7. The van der Waals surface area contributed by atoms with Crippen molar-refractivity contribution in [2.45, 2.75) is 69.4 Å². The Hall–Kier alpha value is -3.57. The summed E-state index contributed by atoms with van der Waals surface area (Å²) in [4.78, 5) is 31.9. The molecule has 5 fully saturated rings. The van der Waals surface area contributed by atoms with Crippen molar-refractivity contribution >= 4 is 46.5 Å². The summed E-state index contributed by atoms with van der Waals surface area (Å²) in [5.74, 6) is -1.76. The monoisotopic (exact) mass is 707 g/mol. The highest BCUT2D eigenvalue weighted by Crippen LogP contribution is 2.52. The number of fused-ring (bicyclic) bond motifs is 3. The normalized spacial score (nSPS) is 23.9. The zero-order valence-corrected chi connectivity index (χ0v) is 28.3. The summed E-state index contributed by atoms with van der Waals surface area (Å²) in [6.07, 6.45) is 7.19. The van der Waals surface area contributed by atoms with E-state index in [0.29, 0.717) is 53.4 Å². The molecule has 1 N–H and O–H groups in total. The number of carbonyl (C=O) groups is 2. The first-order valence-corrected chi connectivity index (χ1v) is 17.8. The average molecular weight is 709 g/mol. The number of nitrogens with zero attached hydrogens (tertiary/aromatic N) is 3. The largest absolute Gasteiger partial charge is 0.478 e. The number of hydrogen-bond donors (Lipinski definition) is 1. The van der Waals surface area contributed by atoms with Gasteiger partial charge >= 0.3 is 5.97 Å². The fourth-order valence-corrected chi connectivity index (χ4v) is 9.22. The number of ether oxygens (including phenoxy) is 3. The van der Waals surface area contributed by atoms with Gasteiger partial charge in [-0.25, -0.2) is 9.18 Å². The summed E-state index contributed by atoms with van der Waals surface area (Å²) < 4.78 is 33.7. The molecular formula is C37H36Cl2FN3O6. The number of para-hydroxylation sites is 1. The molecule has 3 aromatic rings. The highest BCUT2D eigenvalue weighted by molar-refractivity contribution is 6.40. The van der Waals surface area contributed by atoms with E-state index < -0.39 is 11.8 Å². The van der Waals surface area contributed by atoms with Crippen LogP contribution < -0.4 is 14.5 Å². The Bertz CT molecular complexity index is 1830. The summed E-state index contributed by atoms with van der Waals surface area (Å²) in [7, 11) is 0. The lowest BCUT2D eigenvalue weighted by Gasteiger charge is -2.59. The van der Waals surface area contributed by atoms with Crippen LogP contribution in [0.1, 0.15) is 64.8 Å². The number of aromatic carboxylic acids is 1. The Morgan fingerprint density at radius 2 is 1.65 bits per heavy atom. The summed E-state index contributed by atoms with van der Waals surface area (Å²) in [5, 5.41) is 10.6. The SMILES string of the molecule is O=C(O)c1cc(F)c(-c2cccc3c2OCN(C(=O)c2c(Cl)cc(N4CC5(CC(OC6CC6)C5)C4)cc2Cl)C3)cc1N1C2CCC1COC2. The molecule has 0 aromatic heterocycles. The number of carbonyl (C=O) groups excluding carboxylic acids is 1. The first kappa shape index (κ1) is 31.4.